The summed E-state index contributed by atoms with van der Waals surface area (Å²) in [6.45, 7) is 2.48. The number of nitrogens with one attached hydrogen (secondary N) is 1. The van der Waals surface area contributed by atoms with Gasteiger partial charge in [0.25, 0.3) is 0 Å². The average Bonchev–Trinajstić information content (AvgIpc) is 2.47. The predicted molar refractivity (Wildman–Crippen MR) is 74.8 cm³/mol. The van der Waals surface area contributed by atoms with Crippen LogP contribution < -0.4 is 10.1 Å². The van der Waals surface area contributed by atoms with Gasteiger partial charge in [-0.3, -0.25) is 4.79 Å². The molecule has 0 bridgehead atoms. The van der Waals surface area contributed by atoms with Crippen LogP contribution in [0.15, 0.2) is 54.6 Å². The molecular formula is C16H17NO2. The van der Waals surface area contributed by atoms with Crippen molar-refractivity contribution in [3.05, 3.63) is 65.7 Å². The van der Waals surface area contributed by atoms with Gasteiger partial charge in [-0.15, -0.1) is 0 Å². The van der Waals surface area contributed by atoms with Crippen molar-refractivity contribution in [1.29, 1.82) is 0 Å². The van der Waals surface area contributed by atoms with Gasteiger partial charge in [0.05, 0.1) is 6.04 Å². The molecule has 1 amide bonds. The van der Waals surface area contributed by atoms with Gasteiger partial charge in [0.1, 0.15) is 12.4 Å². The monoisotopic (exact) mass is 255 g/mol. The topological polar surface area (TPSA) is 38.3 Å². The lowest BCUT2D eigenvalue weighted by Crippen LogP contribution is -2.15. The molecule has 0 spiro atoms. The van der Waals surface area contributed by atoms with E-state index in [2.05, 4.69) is 5.32 Å². The van der Waals surface area contributed by atoms with Crippen molar-refractivity contribution >= 4 is 6.41 Å². The standard InChI is InChI=1S/C16H17NO2/c1-13(17-12-18)15-8-5-9-16(10-15)19-11-14-6-3-2-4-7-14/h2-10,12-13H,11H2,1H3,(H,17,18). The maximum Gasteiger partial charge on any atom is 0.207 e. The van der Waals surface area contributed by atoms with E-state index < -0.39 is 0 Å². The molecule has 0 radical (unpaired) electrons. The van der Waals surface area contributed by atoms with Gasteiger partial charge in [-0.2, -0.15) is 0 Å². The lowest BCUT2D eigenvalue weighted by atomic mass is 10.1. The highest BCUT2D eigenvalue weighted by Crippen LogP contribution is 2.19. The summed E-state index contributed by atoms with van der Waals surface area (Å²) in [6.07, 6.45) is 0.710. The van der Waals surface area contributed by atoms with Gasteiger partial charge < -0.3 is 10.1 Å². The largest absolute Gasteiger partial charge is 0.489 e. The molecule has 0 aromatic heterocycles. The van der Waals surface area contributed by atoms with Gasteiger partial charge in [-0.05, 0) is 30.2 Å². The Bertz CT molecular complexity index is 525. The van der Waals surface area contributed by atoms with E-state index in [1.165, 1.54) is 0 Å². The third-order valence-electron chi connectivity index (χ3n) is 2.92. The third kappa shape index (κ3) is 3.85. The van der Waals surface area contributed by atoms with Crippen molar-refractivity contribution in [3.63, 3.8) is 0 Å². The molecule has 3 nitrogen and oxygen atoms in total. The fourth-order valence-corrected chi connectivity index (χ4v) is 1.81. The van der Waals surface area contributed by atoms with Crippen LogP contribution in [-0.4, -0.2) is 6.41 Å². The van der Waals surface area contributed by atoms with Crippen LogP contribution in [0.3, 0.4) is 0 Å². The first-order valence-corrected chi connectivity index (χ1v) is 6.26. The Morgan fingerprint density at radius 3 is 2.68 bits per heavy atom. The number of carbonyl (C=O) groups excluding carboxylic acids is 1. The highest BCUT2D eigenvalue weighted by Gasteiger charge is 2.04. The number of hydrogen-bond donors (Lipinski definition) is 1. The number of benzene rings is 2. The van der Waals surface area contributed by atoms with E-state index in [0.29, 0.717) is 13.0 Å². The van der Waals surface area contributed by atoms with Gasteiger partial charge in [0.2, 0.25) is 6.41 Å². The van der Waals surface area contributed by atoms with Crippen molar-refractivity contribution in [3.8, 4) is 5.75 Å². The molecule has 2 rings (SSSR count). The maximum absolute atomic E-state index is 10.4. The molecule has 98 valence electrons. The Balaban J connectivity index is 2.01. The van der Waals surface area contributed by atoms with Crippen molar-refractivity contribution in [2.45, 2.75) is 19.6 Å². The molecule has 3 heteroatoms. The van der Waals surface area contributed by atoms with Crippen molar-refractivity contribution < 1.29 is 9.53 Å². The fourth-order valence-electron chi connectivity index (χ4n) is 1.81. The van der Waals surface area contributed by atoms with Crippen molar-refractivity contribution in [2.75, 3.05) is 0 Å². The van der Waals surface area contributed by atoms with Gasteiger partial charge in [0.15, 0.2) is 0 Å². The highest BCUT2D eigenvalue weighted by molar-refractivity contribution is 5.48. The van der Waals surface area contributed by atoms with Crippen LogP contribution in [0.25, 0.3) is 0 Å². The lowest BCUT2D eigenvalue weighted by molar-refractivity contribution is -0.110. The molecule has 0 aliphatic rings. The van der Waals surface area contributed by atoms with Crippen LogP contribution in [0.2, 0.25) is 0 Å². The van der Waals surface area contributed by atoms with Crippen LogP contribution in [0.1, 0.15) is 24.1 Å². The highest BCUT2D eigenvalue weighted by atomic mass is 16.5. The molecule has 1 N–H and O–H groups in total. The van der Waals surface area contributed by atoms with Gasteiger partial charge in [-0.1, -0.05) is 42.5 Å². The molecular weight excluding hydrogens is 238 g/mol. The molecule has 0 aliphatic carbocycles. The number of carbonyl (C=O) groups is 1. The predicted octanol–water partition coefficient (Wildman–Crippen LogP) is 3.07. The molecule has 2 aromatic carbocycles. The minimum atomic E-state index is -0.0159. The van der Waals surface area contributed by atoms with E-state index in [0.717, 1.165) is 16.9 Å². The molecule has 0 heterocycles. The summed E-state index contributed by atoms with van der Waals surface area (Å²) in [5.74, 6) is 0.806. The van der Waals surface area contributed by atoms with E-state index >= 15 is 0 Å². The zero-order valence-electron chi connectivity index (χ0n) is 10.9. The van der Waals surface area contributed by atoms with Crippen LogP contribution in [0.5, 0.6) is 5.75 Å². The molecule has 1 unspecified atom stereocenters. The summed E-state index contributed by atoms with van der Waals surface area (Å²) < 4.78 is 5.74. The fraction of sp³-hybridized carbons (Fsp3) is 0.188. The van der Waals surface area contributed by atoms with Crippen LogP contribution in [0, 0.1) is 0 Å². The van der Waals surface area contributed by atoms with E-state index in [1.54, 1.807) is 0 Å². The SMILES string of the molecule is CC(NC=O)c1cccc(OCc2ccccc2)c1. The summed E-state index contributed by atoms with van der Waals surface area (Å²) >= 11 is 0. The molecule has 0 saturated heterocycles. The zero-order valence-corrected chi connectivity index (χ0v) is 10.9. The van der Waals surface area contributed by atoms with E-state index in [4.69, 9.17) is 4.74 Å². The first-order chi connectivity index (χ1) is 9.29. The Hall–Kier alpha value is -2.29. The number of rotatable bonds is 6. The van der Waals surface area contributed by atoms with Gasteiger partial charge >= 0.3 is 0 Å². The molecule has 1 atom stereocenters. The Kier molecular flexibility index (Phi) is 4.56. The quantitative estimate of drug-likeness (QED) is 0.806. The van der Waals surface area contributed by atoms with Crippen LogP contribution >= 0.6 is 0 Å². The van der Waals surface area contributed by atoms with Crippen LogP contribution in [-0.2, 0) is 11.4 Å². The maximum atomic E-state index is 10.4. The van der Waals surface area contributed by atoms with E-state index in [9.17, 15) is 4.79 Å². The minimum absolute atomic E-state index is 0.0159. The number of ether oxygens (including phenoxy) is 1. The number of amides is 1. The first-order valence-electron chi connectivity index (χ1n) is 6.26. The second-order valence-corrected chi connectivity index (χ2v) is 4.35. The van der Waals surface area contributed by atoms with Crippen molar-refractivity contribution in [2.24, 2.45) is 0 Å². The van der Waals surface area contributed by atoms with E-state index in [-0.39, 0.29) is 6.04 Å². The summed E-state index contributed by atoms with van der Waals surface area (Å²) in [6, 6.07) is 17.8. The van der Waals surface area contributed by atoms with E-state index in [1.807, 2.05) is 61.5 Å². The van der Waals surface area contributed by atoms with Crippen LogP contribution in [0.4, 0.5) is 0 Å². The Morgan fingerprint density at radius 1 is 1.16 bits per heavy atom. The van der Waals surface area contributed by atoms with Crippen molar-refractivity contribution in [1.82, 2.24) is 5.32 Å². The molecule has 19 heavy (non-hydrogen) atoms. The Morgan fingerprint density at radius 2 is 1.95 bits per heavy atom. The third-order valence-corrected chi connectivity index (χ3v) is 2.92. The number of hydrogen-bond acceptors (Lipinski definition) is 2. The lowest BCUT2D eigenvalue weighted by Gasteiger charge is -2.12. The summed E-state index contributed by atoms with van der Waals surface area (Å²) in [5.41, 5.74) is 2.16. The summed E-state index contributed by atoms with van der Waals surface area (Å²) in [4.78, 5) is 10.4. The molecule has 0 aliphatic heterocycles. The minimum Gasteiger partial charge on any atom is -0.489 e. The molecule has 0 saturated carbocycles. The second kappa shape index (κ2) is 6.59. The van der Waals surface area contributed by atoms with Gasteiger partial charge in [-0.25, -0.2) is 0 Å². The summed E-state index contributed by atoms with van der Waals surface area (Å²) in [7, 11) is 0. The van der Waals surface area contributed by atoms with Gasteiger partial charge in [0, 0.05) is 0 Å². The molecule has 2 aromatic rings. The molecule has 0 fully saturated rings. The Labute approximate surface area is 113 Å². The first kappa shape index (κ1) is 13.1. The average molecular weight is 255 g/mol. The summed E-state index contributed by atoms with van der Waals surface area (Å²) in [5, 5.41) is 2.73. The smallest absolute Gasteiger partial charge is 0.207 e. The zero-order chi connectivity index (χ0) is 13.5. The normalized spacial score (nSPS) is 11.6. The second-order valence-electron chi connectivity index (χ2n) is 4.35.